The van der Waals surface area contributed by atoms with Gasteiger partial charge < -0.3 is 14.8 Å². The number of halogens is 3. The predicted molar refractivity (Wildman–Crippen MR) is 163 cm³/mol. The lowest BCUT2D eigenvalue weighted by atomic mass is 10.1. The summed E-state index contributed by atoms with van der Waals surface area (Å²) < 4.78 is 47.8. The first kappa shape index (κ1) is 30.0. The number of amides is 1. The molecule has 0 bridgehead atoms. The molecule has 1 aliphatic heterocycles. The van der Waals surface area contributed by atoms with E-state index >= 15 is 0 Å². The summed E-state index contributed by atoms with van der Waals surface area (Å²) in [5.41, 5.74) is 4.00. The van der Waals surface area contributed by atoms with Gasteiger partial charge in [0.15, 0.2) is 16.1 Å². The number of amidine groups is 1. The molecule has 2 heterocycles. The van der Waals surface area contributed by atoms with Crippen LogP contribution in [0.15, 0.2) is 78.0 Å². The number of aromatic nitrogens is 3. The monoisotopic (exact) mass is 626 g/mol. The van der Waals surface area contributed by atoms with Crippen molar-refractivity contribution in [2.24, 2.45) is 4.99 Å². The highest BCUT2D eigenvalue weighted by Crippen LogP contribution is 2.31. The molecule has 14 heteroatoms. The number of anilines is 1. The highest BCUT2D eigenvalue weighted by Gasteiger charge is 2.32. The van der Waals surface area contributed by atoms with Gasteiger partial charge in [0.05, 0.1) is 24.2 Å². The maximum absolute atomic E-state index is 12.6. The number of methoxy groups -OCH3 is 1. The normalized spacial score (nSPS) is 14.3. The third-order valence-electron chi connectivity index (χ3n) is 6.34. The molecule has 4 aromatic rings. The molecular formula is C29H25F3N6O3S2. The van der Waals surface area contributed by atoms with Crippen molar-refractivity contribution in [3.05, 3.63) is 84.2 Å². The molecule has 3 aromatic carbocycles. The molecular weight excluding hydrogens is 601 g/mol. The minimum Gasteiger partial charge on any atom is -0.497 e. The zero-order valence-electron chi connectivity index (χ0n) is 23.0. The summed E-state index contributed by atoms with van der Waals surface area (Å²) in [6, 6.07) is 18.6. The number of hydrogen-bond acceptors (Lipinski definition) is 7. The Morgan fingerprint density at radius 1 is 1.09 bits per heavy atom. The standard InChI is InChI=1S/C29H25F3N6O3S2/c1-18-15-23(40-2)11-12-24(18)38-25(39)16-43-28(38)35-27(42)33-14-13-19-3-5-20(6-4-19)26-34-17-37(36-26)21-7-9-22(10-8-21)41-29(30,31)32/h3-12,15,17H,13-14,16H2,1-2H3,(H,33,42). The van der Waals surface area contributed by atoms with E-state index in [4.69, 9.17) is 17.0 Å². The fourth-order valence-corrected chi connectivity index (χ4v) is 5.38. The highest BCUT2D eigenvalue weighted by atomic mass is 32.2. The number of aliphatic imine (C=N–C) groups is 1. The molecule has 0 saturated carbocycles. The molecule has 0 atom stereocenters. The fraction of sp³-hybridized carbons (Fsp3) is 0.207. The SMILES string of the molecule is COc1ccc(N2C(=O)CSC2=NC(=S)NCCc2ccc(-c3ncn(-c4ccc(OC(F)(F)F)cc4)n3)cc2)c(C)c1. The Balaban J connectivity index is 1.16. The van der Waals surface area contributed by atoms with E-state index in [9.17, 15) is 18.0 Å². The number of nitrogens with zero attached hydrogens (tertiary/aromatic N) is 5. The quantitative estimate of drug-likeness (QED) is 0.249. The van der Waals surface area contributed by atoms with Crippen LogP contribution in [0.5, 0.6) is 11.5 Å². The van der Waals surface area contributed by atoms with Gasteiger partial charge >= 0.3 is 6.36 Å². The molecule has 1 aliphatic rings. The van der Waals surface area contributed by atoms with Crippen molar-refractivity contribution < 1.29 is 27.4 Å². The lowest BCUT2D eigenvalue weighted by Crippen LogP contribution is -2.32. The fourth-order valence-electron chi connectivity index (χ4n) is 4.27. The third-order valence-corrected chi connectivity index (χ3v) is 7.50. The smallest absolute Gasteiger partial charge is 0.497 e. The van der Waals surface area contributed by atoms with Gasteiger partial charge in [-0.1, -0.05) is 36.0 Å². The van der Waals surface area contributed by atoms with Gasteiger partial charge in [-0.2, -0.15) is 4.99 Å². The average Bonchev–Trinajstić information content (AvgIpc) is 3.60. The van der Waals surface area contributed by atoms with Crippen molar-refractivity contribution >= 4 is 45.9 Å². The molecule has 1 aromatic heterocycles. The van der Waals surface area contributed by atoms with Crippen LogP contribution >= 0.6 is 24.0 Å². The summed E-state index contributed by atoms with van der Waals surface area (Å²) in [7, 11) is 1.59. The van der Waals surface area contributed by atoms with Gasteiger partial charge in [-0.05, 0) is 79.2 Å². The van der Waals surface area contributed by atoms with Crippen LogP contribution in [-0.4, -0.2) is 56.7 Å². The van der Waals surface area contributed by atoms with E-state index in [2.05, 4.69) is 25.1 Å². The van der Waals surface area contributed by atoms with Crippen molar-refractivity contribution in [2.45, 2.75) is 19.7 Å². The summed E-state index contributed by atoms with van der Waals surface area (Å²) in [5.74, 6) is 1.09. The molecule has 222 valence electrons. The first-order valence-corrected chi connectivity index (χ1v) is 14.3. The number of alkyl halides is 3. The Labute approximate surface area is 254 Å². The number of benzene rings is 3. The van der Waals surface area contributed by atoms with E-state index in [0.29, 0.717) is 35.4 Å². The molecule has 5 rings (SSSR count). The number of ether oxygens (including phenoxy) is 2. The van der Waals surface area contributed by atoms with Gasteiger partial charge in [0.25, 0.3) is 0 Å². The number of aryl methyl sites for hydroxylation is 1. The lowest BCUT2D eigenvalue weighted by Gasteiger charge is -2.19. The number of hydrogen-bond donors (Lipinski definition) is 1. The average molecular weight is 627 g/mol. The lowest BCUT2D eigenvalue weighted by molar-refractivity contribution is -0.274. The van der Waals surface area contributed by atoms with Crippen molar-refractivity contribution in [3.63, 3.8) is 0 Å². The van der Waals surface area contributed by atoms with Gasteiger partial charge in [-0.25, -0.2) is 9.67 Å². The second-order valence-electron chi connectivity index (χ2n) is 9.30. The summed E-state index contributed by atoms with van der Waals surface area (Å²) in [5, 5.41) is 8.38. The predicted octanol–water partition coefficient (Wildman–Crippen LogP) is 5.70. The molecule has 0 radical (unpaired) electrons. The zero-order chi connectivity index (χ0) is 30.6. The Hall–Kier alpha value is -4.43. The molecule has 1 amide bonds. The van der Waals surface area contributed by atoms with Gasteiger partial charge in [0.2, 0.25) is 5.91 Å². The van der Waals surface area contributed by atoms with Crippen LogP contribution in [0.2, 0.25) is 0 Å². The summed E-state index contributed by atoms with van der Waals surface area (Å²) in [4.78, 5) is 23.0. The summed E-state index contributed by atoms with van der Waals surface area (Å²) in [6.07, 6.45) is -2.59. The van der Waals surface area contributed by atoms with Gasteiger partial charge in [0, 0.05) is 12.1 Å². The van der Waals surface area contributed by atoms with Crippen LogP contribution in [-0.2, 0) is 11.2 Å². The molecule has 9 nitrogen and oxygen atoms in total. The van der Waals surface area contributed by atoms with Crippen LogP contribution in [0.3, 0.4) is 0 Å². The minimum absolute atomic E-state index is 0.0623. The van der Waals surface area contributed by atoms with Crippen molar-refractivity contribution in [1.82, 2.24) is 20.1 Å². The molecule has 1 fully saturated rings. The van der Waals surface area contributed by atoms with Gasteiger partial charge in [-0.15, -0.1) is 18.3 Å². The van der Waals surface area contributed by atoms with Crippen LogP contribution in [0.1, 0.15) is 11.1 Å². The van der Waals surface area contributed by atoms with E-state index < -0.39 is 6.36 Å². The number of carbonyl (C=O) groups is 1. The van der Waals surface area contributed by atoms with E-state index in [1.165, 1.54) is 47.0 Å². The van der Waals surface area contributed by atoms with E-state index in [1.807, 2.05) is 43.3 Å². The highest BCUT2D eigenvalue weighted by molar-refractivity contribution is 8.15. The summed E-state index contributed by atoms with van der Waals surface area (Å²) in [6.45, 7) is 2.45. The first-order valence-electron chi connectivity index (χ1n) is 12.9. The van der Waals surface area contributed by atoms with E-state index in [0.717, 1.165) is 22.4 Å². The van der Waals surface area contributed by atoms with Gasteiger partial charge in [-0.3, -0.25) is 9.69 Å². The first-order chi connectivity index (χ1) is 20.6. The largest absolute Gasteiger partial charge is 0.573 e. The second-order valence-corrected chi connectivity index (χ2v) is 10.6. The van der Waals surface area contributed by atoms with E-state index in [1.54, 1.807) is 18.1 Å². The van der Waals surface area contributed by atoms with Crippen molar-refractivity contribution in [1.29, 1.82) is 0 Å². The molecule has 0 aliphatic carbocycles. The van der Waals surface area contributed by atoms with Crippen molar-refractivity contribution in [3.8, 4) is 28.6 Å². The Bertz CT molecular complexity index is 1660. The number of thioether (sulfide) groups is 1. The number of carbonyl (C=O) groups excluding carboxylic acids is 1. The van der Waals surface area contributed by atoms with E-state index in [-0.39, 0.29) is 22.5 Å². The zero-order valence-corrected chi connectivity index (χ0v) is 24.6. The minimum atomic E-state index is -4.75. The molecule has 0 spiro atoms. The second kappa shape index (κ2) is 12.8. The van der Waals surface area contributed by atoms with Crippen LogP contribution in [0, 0.1) is 6.92 Å². The maximum Gasteiger partial charge on any atom is 0.573 e. The maximum atomic E-state index is 12.6. The molecule has 1 saturated heterocycles. The topological polar surface area (TPSA) is 93.9 Å². The number of rotatable bonds is 8. The Kier molecular flexibility index (Phi) is 8.97. The van der Waals surface area contributed by atoms with Crippen LogP contribution < -0.4 is 19.7 Å². The Morgan fingerprint density at radius 3 is 2.49 bits per heavy atom. The van der Waals surface area contributed by atoms with Crippen molar-refractivity contribution in [2.75, 3.05) is 24.3 Å². The van der Waals surface area contributed by atoms with Gasteiger partial charge in [0.1, 0.15) is 17.8 Å². The number of nitrogens with one attached hydrogen (secondary N) is 1. The Morgan fingerprint density at radius 2 is 1.81 bits per heavy atom. The molecule has 0 unspecified atom stereocenters. The third kappa shape index (κ3) is 7.51. The summed E-state index contributed by atoms with van der Waals surface area (Å²) >= 11 is 6.77. The molecule has 43 heavy (non-hydrogen) atoms. The van der Waals surface area contributed by atoms with Crippen LogP contribution in [0.25, 0.3) is 17.1 Å². The number of thiocarbonyl (C=S) groups is 1. The molecule has 1 N–H and O–H groups in total. The van der Waals surface area contributed by atoms with Crippen LogP contribution in [0.4, 0.5) is 18.9 Å².